The summed E-state index contributed by atoms with van der Waals surface area (Å²) < 4.78 is 5.52. The average Bonchev–Trinajstić information content (AvgIpc) is 2.97. The van der Waals surface area contributed by atoms with Gasteiger partial charge in [0, 0.05) is 17.5 Å². The van der Waals surface area contributed by atoms with Crippen molar-refractivity contribution in [1.29, 1.82) is 0 Å². The van der Waals surface area contributed by atoms with Gasteiger partial charge in [-0.2, -0.15) is 0 Å². The first kappa shape index (κ1) is 16.3. The molecule has 0 amide bonds. The second-order valence-corrected chi connectivity index (χ2v) is 6.43. The Bertz CT molecular complexity index is 533. The van der Waals surface area contributed by atoms with E-state index in [2.05, 4.69) is 29.8 Å². The molecule has 3 nitrogen and oxygen atoms in total. The van der Waals surface area contributed by atoms with Gasteiger partial charge in [0.05, 0.1) is 5.02 Å². The lowest BCUT2D eigenvalue weighted by atomic mass is 10.2. The van der Waals surface area contributed by atoms with E-state index >= 15 is 0 Å². The molecule has 114 valence electrons. The Kier molecular flexibility index (Phi) is 6.51. The molecular weight excluding hydrogens is 306 g/mol. The van der Waals surface area contributed by atoms with Crippen LogP contribution >= 0.6 is 22.9 Å². The van der Waals surface area contributed by atoms with Gasteiger partial charge in [-0.25, -0.2) is 0 Å². The second kappa shape index (κ2) is 8.39. The summed E-state index contributed by atoms with van der Waals surface area (Å²) in [5, 5.41) is 15.9. The van der Waals surface area contributed by atoms with E-state index in [1.165, 1.54) is 4.88 Å². The number of rotatable bonds is 8. The Morgan fingerprint density at radius 2 is 2.10 bits per heavy atom. The summed E-state index contributed by atoms with van der Waals surface area (Å²) in [6.45, 7) is 2.83. The van der Waals surface area contributed by atoms with Crippen molar-refractivity contribution < 1.29 is 9.84 Å². The van der Waals surface area contributed by atoms with Crippen LogP contribution in [0.2, 0.25) is 5.02 Å². The number of benzene rings is 1. The molecule has 2 N–H and O–H groups in total. The zero-order valence-electron chi connectivity index (χ0n) is 12.0. The number of nitrogens with one attached hydrogen (secondary N) is 1. The molecule has 0 radical (unpaired) electrons. The van der Waals surface area contributed by atoms with Gasteiger partial charge in [0.25, 0.3) is 0 Å². The maximum absolute atomic E-state index is 9.95. The maximum Gasteiger partial charge on any atom is 0.138 e. The van der Waals surface area contributed by atoms with Crippen molar-refractivity contribution in [2.75, 3.05) is 13.2 Å². The molecule has 5 heteroatoms. The predicted molar refractivity (Wildman–Crippen MR) is 88.4 cm³/mol. The van der Waals surface area contributed by atoms with Gasteiger partial charge in [0.2, 0.25) is 0 Å². The van der Waals surface area contributed by atoms with Crippen molar-refractivity contribution >= 4 is 22.9 Å². The quantitative estimate of drug-likeness (QED) is 0.782. The van der Waals surface area contributed by atoms with Crippen LogP contribution < -0.4 is 10.1 Å². The zero-order valence-corrected chi connectivity index (χ0v) is 13.5. The van der Waals surface area contributed by atoms with Crippen molar-refractivity contribution in [2.45, 2.75) is 25.5 Å². The minimum Gasteiger partial charge on any atom is -0.489 e. The molecule has 1 aromatic carbocycles. The summed E-state index contributed by atoms with van der Waals surface area (Å²) in [5.41, 5.74) is 0. The topological polar surface area (TPSA) is 41.5 Å². The second-order valence-electron chi connectivity index (χ2n) is 4.99. The molecule has 1 aromatic heterocycles. The van der Waals surface area contributed by atoms with Gasteiger partial charge in [-0.1, -0.05) is 29.8 Å². The molecule has 0 bridgehead atoms. The first-order chi connectivity index (χ1) is 10.1. The molecule has 2 aromatic rings. The Labute approximate surface area is 134 Å². The van der Waals surface area contributed by atoms with Gasteiger partial charge in [-0.3, -0.25) is 0 Å². The number of aliphatic hydroxyl groups is 1. The lowest BCUT2D eigenvalue weighted by Crippen LogP contribution is -2.37. The highest BCUT2D eigenvalue weighted by molar-refractivity contribution is 7.09. The predicted octanol–water partition coefficient (Wildman–Crippen LogP) is 3.36. The summed E-state index contributed by atoms with van der Waals surface area (Å²) >= 11 is 7.75. The molecule has 2 atom stereocenters. The van der Waals surface area contributed by atoms with Crippen LogP contribution in [0, 0.1) is 0 Å². The molecule has 0 aliphatic heterocycles. The normalized spacial score (nSPS) is 13.9. The van der Waals surface area contributed by atoms with Crippen LogP contribution in [0.25, 0.3) is 0 Å². The lowest BCUT2D eigenvalue weighted by Gasteiger charge is -2.17. The van der Waals surface area contributed by atoms with Gasteiger partial charge in [0.15, 0.2) is 0 Å². The minimum absolute atomic E-state index is 0.225. The van der Waals surface area contributed by atoms with Crippen molar-refractivity contribution in [3.8, 4) is 5.75 Å². The zero-order chi connectivity index (χ0) is 15.1. The molecule has 0 saturated carbocycles. The first-order valence-electron chi connectivity index (χ1n) is 6.96. The van der Waals surface area contributed by atoms with E-state index in [9.17, 15) is 5.11 Å². The monoisotopic (exact) mass is 325 g/mol. The fourth-order valence-corrected chi connectivity index (χ4v) is 2.97. The summed E-state index contributed by atoms with van der Waals surface area (Å²) in [7, 11) is 0. The van der Waals surface area contributed by atoms with Crippen LogP contribution in [0.5, 0.6) is 5.75 Å². The highest BCUT2D eigenvalue weighted by atomic mass is 35.5. The SMILES string of the molecule is CC(Cc1cccs1)NCC(O)COc1ccccc1Cl. The molecule has 0 fully saturated rings. The van der Waals surface area contributed by atoms with Crippen molar-refractivity contribution in [1.82, 2.24) is 5.32 Å². The number of thiophene rings is 1. The van der Waals surface area contributed by atoms with Gasteiger partial charge in [0.1, 0.15) is 18.5 Å². The van der Waals surface area contributed by atoms with Crippen LogP contribution in [0.1, 0.15) is 11.8 Å². The van der Waals surface area contributed by atoms with E-state index in [-0.39, 0.29) is 6.61 Å². The number of ether oxygens (including phenoxy) is 1. The first-order valence-corrected chi connectivity index (χ1v) is 8.22. The Hall–Kier alpha value is -1.07. The largest absolute Gasteiger partial charge is 0.489 e. The summed E-state index contributed by atoms with van der Waals surface area (Å²) in [5.74, 6) is 0.602. The number of hydrogen-bond donors (Lipinski definition) is 2. The summed E-state index contributed by atoms with van der Waals surface area (Å²) in [4.78, 5) is 1.34. The molecule has 21 heavy (non-hydrogen) atoms. The van der Waals surface area contributed by atoms with E-state index in [0.717, 1.165) is 6.42 Å². The number of hydrogen-bond acceptors (Lipinski definition) is 4. The third-order valence-electron chi connectivity index (χ3n) is 3.06. The van der Waals surface area contributed by atoms with Gasteiger partial charge in [-0.05, 0) is 36.9 Å². The Morgan fingerprint density at radius 1 is 1.29 bits per heavy atom. The van der Waals surface area contributed by atoms with E-state index in [0.29, 0.717) is 23.4 Å². The van der Waals surface area contributed by atoms with E-state index < -0.39 is 6.10 Å². The average molecular weight is 326 g/mol. The van der Waals surface area contributed by atoms with Gasteiger partial charge < -0.3 is 15.2 Å². The number of aliphatic hydroxyl groups excluding tert-OH is 1. The van der Waals surface area contributed by atoms with Crippen LogP contribution in [0.4, 0.5) is 0 Å². The summed E-state index contributed by atoms with van der Waals surface area (Å²) in [6, 6.07) is 11.8. The molecular formula is C16H20ClNO2S. The molecule has 2 rings (SSSR count). The van der Waals surface area contributed by atoms with E-state index in [1.807, 2.05) is 12.1 Å². The van der Waals surface area contributed by atoms with Crippen LogP contribution in [0.3, 0.4) is 0 Å². The van der Waals surface area contributed by atoms with Gasteiger partial charge in [-0.15, -0.1) is 11.3 Å². The smallest absolute Gasteiger partial charge is 0.138 e. The molecule has 2 unspecified atom stereocenters. The van der Waals surface area contributed by atoms with Crippen molar-refractivity contribution in [3.05, 3.63) is 51.7 Å². The maximum atomic E-state index is 9.95. The molecule has 0 aliphatic rings. The highest BCUT2D eigenvalue weighted by Crippen LogP contribution is 2.23. The third kappa shape index (κ3) is 5.67. The Balaban J connectivity index is 1.67. The fraction of sp³-hybridized carbons (Fsp3) is 0.375. The lowest BCUT2D eigenvalue weighted by molar-refractivity contribution is 0.104. The van der Waals surface area contributed by atoms with Crippen LogP contribution in [-0.2, 0) is 6.42 Å². The summed E-state index contributed by atoms with van der Waals surface area (Å²) in [6.07, 6.45) is 0.405. The fourth-order valence-electron chi connectivity index (χ4n) is 1.95. The molecule has 1 heterocycles. The van der Waals surface area contributed by atoms with Gasteiger partial charge >= 0.3 is 0 Å². The van der Waals surface area contributed by atoms with Crippen LogP contribution in [-0.4, -0.2) is 30.4 Å². The van der Waals surface area contributed by atoms with E-state index in [4.69, 9.17) is 16.3 Å². The number of halogens is 1. The van der Waals surface area contributed by atoms with Crippen LogP contribution in [0.15, 0.2) is 41.8 Å². The van der Waals surface area contributed by atoms with E-state index in [1.54, 1.807) is 23.5 Å². The number of para-hydroxylation sites is 1. The third-order valence-corrected chi connectivity index (χ3v) is 4.27. The Morgan fingerprint density at radius 3 is 2.81 bits per heavy atom. The minimum atomic E-state index is -0.563. The molecule has 0 saturated heterocycles. The molecule has 0 aliphatic carbocycles. The molecule has 0 spiro atoms. The standard InChI is InChI=1S/C16H20ClNO2S/c1-12(9-14-5-4-8-21-14)18-10-13(19)11-20-16-7-3-2-6-15(16)17/h2-8,12-13,18-19H,9-11H2,1H3. The van der Waals surface area contributed by atoms with Crippen molar-refractivity contribution in [2.24, 2.45) is 0 Å². The highest BCUT2D eigenvalue weighted by Gasteiger charge is 2.10. The van der Waals surface area contributed by atoms with Crippen molar-refractivity contribution in [3.63, 3.8) is 0 Å².